The predicted molar refractivity (Wildman–Crippen MR) is 150 cm³/mol. The van der Waals surface area contributed by atoms with Crippen LogP contribution in [0.1, 0.15) is 23.0 Å². The van der Waals surface area contributed by atoms with Crippen LogP contribution < -0.4 is 4.73 Å². The minimum Gasteiger partial charge on any atom is -0.618 e. The van der Waals surface area contributed by atoms with Gasteiger partial charge in [0, 0.05) is 39.0 Å². The van der Waals surface area contributed by atoms with Gasteiger partial charge in [-0.25, -0.2) is 9.37 Å². The first-order chi connectivity index (χ1) is 19.4. The fourth-order valence-corrected chi connectivity index (χ4v) is 4.91. The molecule has 1 atom stereocenters. The molecule has 0 radical (unpaired) electrons. The Bertz CT molecular complexity index is 1770. The molecule has 3 aromatic carbocycles. The standard InChI is InChI=1S/C29H20Cl2FN7O/c30-21-6-3-19(4-7-21)26-15-33-29(35-26)25(13-18-1-9-23(32)10-2-18)28-11-5-20(16-39(28)40)24-14-22(31)8-12-27(24)38-17-34-36-37-38/h1-12,14-17,25H,13H2,(H,33,35). The molecule has 8 nitrogen and oxygen atoms in total. The van der Waals surface area contributed by atoms with Crippen molar-refractivity contribution in [1.29, 1.82) is 0 Å². The lowest BCUT2D eigenvalue weighted by atomic mass is 9.94. The molecule has 3 heterocycles. The van der Waals surface area contributed by atoms with E-state index in [1.807, 2.05) is 18.2 Å². The molecule has 0 saturated heterocycles. The Morgan fingerprint density at radius 2 is 1.68 bits per heavy atom. The minimum atomic E-state index is -0.448. The van der Waals surface area contributed by atoms with Crippen LogP contribution in [-0.4, -0.2) is 30.2 Å². The zero-order valence-corrected chi connectivity index (χ0v) is 22.3. The summed E-state index contributed by atoms with van der Waals surface area (Å²) in [5.41, 5.74) is 4.92. The van der Waals surface area contributed by atoms with Crippen LogP contribution in [0.2, 0.25) is 10.0 Å². The molecule has 1 unspecified atom stereocenters. The van der Waals surface area contributed by atoms with Gasteiger partial charge in [0.1, 0.15) is 23.9 Å². The Labute approximate surface area is 238 Å². The summed E-state index contributed by atoms with van der Waals surface area (Å²) < 4.78 is 16.0. The molecule has 3 aromatic heterocycles. The van der Waals surface area contributed by atoms with Crippen molar-refractivity contribution in [3.8, 4) is 28.1 Å². The van der Waals surface area contributed by atoms with E-state index in [-0.39, 0.29) is 5.82 Å². The molecule has 6 aromatic rings. The first-order valence-corrected chi connectivity index (χ1v) is 13.0. The van der Waals surface area contributed by atoms with Gasteiger partial charge in [-0.05, 0) is 70.9 Å². The highest BCUT2D eigenvalue weighted by molar-refractivity contribution is 6.31. The number of nitrogens with one attached hydrogen (secondary N) is 1. The van der Waals surface area contributed by atoms with E-state index in [1.54, 1.807) is 54.7 Å². The van der Waals surface area contributed by atoms with Crippen molar-refractivity contribution >= 4 is 23.2 Å². The second-order valence-electron chi connectivity index (χ2n) is 9.15. The third kappa shape index (κ3) is 5.29. The van der Waals surface area contributed by atoms with Gasteiger partial charge in [0.2, 0.25) is 5.69 Å². The number of rotatable bonds is 7. The summed E-state index contributed by atoms with van der Waals surface area (Å²) in [6.07, 6.45) is 5.18. The van der Waals surface area contributed by atoms with Crippen molar-refractivity contribution in [2.45, 2.75) is 12.3 Å². The van der Waals surface area contributed by atoms with E-state index in [4.69, 9.17) is 28.2 Å². The molecule has 0 fully saturated rings. The Morgan fingerprint density at radius 1 is 0.925 bits per heavy atom. The summed E-state index contributed by atoms with van der Waals surface area (Å²) in [6.45, 7) is 0. The minimum absolute atomic E-state index is 0.327. The highest BCUT2D eigenvalue weighted by Crippen LogP contribution is 2.32. The summed E-state index contributed by atoms with van der Waals surface area (Å²) in [5, 5.41) is 26.1. The monoisotopic (exact) mass is 571 g/mol. The van der Waals surface area contributed by atoms with Gasteiger partial charge in [0.05, 0.1) is 11.4 Å². The Hall–Kier alpha value is -4.60. The number of nitrogens with zero attached hydrogens (tertiary/aromatic N) is 6. The molecule has 0 aliphatic carbocycles. The van der Waals surface area contributed by atoms with Crippen molar-refractivity contribution in [2.75, 3.05) is 0 Å². The predicted octanol–water partition coefficient (Wildman–Crippen LogP) is 6.17. The first-order valence-electron chi connectivity index (χ1n) is 12.3. The molecule has 198 valence electrons. The lowest BCUT2D eigenvalue weighted by Gasteiger charge is -2.16. The number of hydrogen-bond acceptors (Lipinski definition) is 5. The van der Waals surface area contributed by atoms with Crippen molar-refractivity contribution in [3.05, 3.63) is 136 Å². The summed E-state index contributed by atoms with van der Waals surface area (Å²) >= 11 is 12.3. The SMILES string of the molecule is [O-][n+]1cc(-c2cc(Cl)ccc2-n2cnnn2)ccc1C(Cc1ccc(F)cc1)c1nc(-c2ccc(Cl)cc2)c[nH]1. The normalized spacial score (nSPS) is 12.0. The topological polar surface area (TPSA) is 99.2 Å². The maximum absolute atomic E-state index is 13.6. The Morgan fingerprint density at radius 3 is 2.40 bits per heavy atom. The maximum Gasteiger partial charge on any atom is 0.203 e. The highest BCUT2D eigenvalue weighted by atomic mass is 35.5. The summed E-state index contributed by atoms with van der Waals surface area (Å²) in [5.74, 6) is -0.174. The summed E-state index contributed by atoms with van der Waals surface area (Å²) in [4.78, 5) is 8.06. The molecule has 0 amide bonds. The van der Waals surface area contributed by atoms with E-state index >= 15 is 0 Å². The van der Waals surface area contributed by atoms with Gasteiger partial charge in [-0.15, -0.1) is 5.10 Å². The Balaban J connectivity index is 1.41. The largest absolute Gasteiger partial charge is 0.618 e. The average Bonchev–Trinajstić information content (AvgIpc) is 3.67. The van der Waals surface area contributed by atoms with Crippen molar-refractivity contribution < 1.29 is 9.12 Å². The number of aromatic amines is 1. The zero-order valence-electron chi connectivity index (χ0n) is 20.7. The van der Waals surface area contributed by atoms with Crippen LogP contribution in [0.4, 0.5) is 4.39 Å². The van der Waals surface area contributed by atoms with E-state index in [0.29, 0.717) is 44.8 Å². The van der Waals surface area contributed by atoms with Gasteiger partial charge in [0.15, 0.2) is 6.20 Å². The number of tetrazole rings is 1. The number of hydrogen-bond donors (Lipinski definition) is 1. The fraction of sp³-hybridized carbons (Fsp3) is 0.0690. The summed E-state index contributed by atoms with van der Waals surface area (Å²) in [6, 6.07) is 22.5. The van der Waals surface area contributed by atoms with E-state index < -0.39 is 5.92 Å². The van der Waals surface area contributed by atoms with Gasteiger partial charge in [-0.3, -0.25) is 0 Å². The van der Waals surface area contributed by atoms with Crippen LogP contribution in [-0.2, 0) is 6.42 Å². The van der Waals surface area contributed by atoms with E-state index in [0.717, 1.165) is 21.6 Å². The molecule has 0 aliphatic rings. The number of H-pyrrole nitrogens is 1. The number of imidazole rings is 1. The van der Waals surface area contributed by atoms with E-state index in [2.05, 4.69) is 20.5 Å². The van der Waals surface area contributed by atoms with Gasteiger partial charge < -0.3 is 10.2 Å². The lowest BCUT2D eigenvalue weighted by Crippen LogP contribution is -2.34. The first kappa shape index (κ1) is 25.7. The van der Waals surface area contributed by atoms with Crippen LogP contribution >= 0.6 is 23.2 Å². The molecule has 0 bridgehead atoms. The van der Waals surface area contributed by atoms with Crippen LogP contribution in [0.15, 0.2) is 97.6 Å². The van der Waals surface area contributed by atoms with Crippen molar-refractivity contribution in [2.24, 2.45) is 0 Å². The number of aromatic nitrogens is 7. The smallest absolute Gasteiger partial charge is 0.203 e. The Kier molecular flexibility index (Phi) is 6.98. The molecule has 0 saturated carbocycles. The third-order valence-corrected chi connectivity index (χ3v) is 7.07. The maximum atomic E-state index is 13.6. The molecular formula is C29H20Cl2FN7O. The van der Waals surface area contributed by atoms with Gasteiger partial charge >= 0.3 is 0 Å². The van der Waals surface area contributed by atoms with Crippen LogP contribution in [0.25, 0.3) is 28.1 Å². The van der Waals surface area contributed by atoms with Gasteiger partial charge in [0.25, 0.3) is 0 Å². The van der Waals surface area contributed by atoms with E-state index in [9.17, 15) is 9.60 Å². The second kappa shape index (κ2) is 10.9. The molecular weight excluding hydrogens is 552 g/mol. The van der Waals surface area contributed by atoms with Crippen LogP contribution in [0, 0.1) is 11.0 Å². The third-order valence-electron chi connectivity index (χ3n) is 6.59. The van der Waals surface area contributed by atoms with Crippen molar-refractivity contribution in [1.82, 2.24) is 30.2 Å². The zero-order chi connectivity index (χ0) is 27.6. The molecule has 6 rings (SSSR count). The van der Waals surface area contributed by atoms with Crippen molar-refractivity contribution in [3.63, 3.8) is 0 Å². The average molecular weight is 572 g/mol. The quantitative estimate of drug-likeness (QED) is 0.182. The molecule has 40 heavy (non-hydrogen) atoms. The number of halogens is 3. The number of benzene rings is 3. The van der Waals surface area contributed by atoms with E-state index in [1.165, 1.54) is 29.3 Å². The molecule has 0 spiro atoms. The second-order valence-corrected chi connectivity index (χ2v) is 10.0. The summed E-state index contributed by atoms with van der Waals surface area (Å²) in [7, 11) is 0. The molecule has 11 heteroatoms. The lowest BCUT2D eigenvalue weighted by molar-refractivity contribution is -0.614. The molecule has 1 N–H and O–H groups in total. The highest BCUT2D eigenvalue weighted by Gasteiger charge is 2.27. The van der Waals surface area contributed by atoms with Crippen LogP contribution in [0.5, 0.6) is 0 Å². The fourth-order valence-electron chi connectivity index (χ4n) is 4.61. The molecule has 0 aliphatic heterocycles. The van der Waals surface area contributed by atoms with Crippen LogP contribution in [0.3, 0.4) is 0 Å². The van der Waals surface area contributed by atoms with Gasteiger partial charge in [-0.1, -0.05) is 47.5 Å². The number of pyridine rings is 1. The van der Waals surface area contributed by atoms with Gasteiger partial charge in [-0.2, -0.15) is 9.41 Å².